The number of benzene rings is 1. The molecule has 1 aromatic carbocycles. The lowest BCUT2D eigenvalue weighted by Gasteiger charge is -2.32. The van der Waals surface area contributed by atoms with Crippen molar-refractivity contribution in [1.29, 1.82) is 0 Å². The molecule has 0 N–H and O–H groups in total. The van der Waals surface area contributed by atoms with Crippen molar-refractivity contribution in [2.45, 2.75) is 32.2 Å². The van der Waals surface area contributed by atoms with Crippen LogP contribution in [0.1, 0.15) is 30.0 Å². The molecule has 3 rings (SSSR count). The van der Waals surface area contributed by atoms with Crippen LogP contribution in [0.5, 0.6) is 5.75 Å². The maximum absolute atomic E-state index is 13.8. The fraction of sp³-hybridized carbons (Fsp3) is 0.320. The highest BCUT2D eigenvalue weighted by atomic mass is 32.1. The first-order valence-electron chi connectivity index (χ1n) is 10.8. The van der Waals surface area contributed by atoms with Crippen LogP contribution in [-0.2, 0) is 24.7 Å². The van der Waals surface area contributed by atoms with E-state index in [1.807, 2.05) is 59.8 Å². The predicted molar refractivity (Wildman–Crippen MR) is 130 cm³/mol. The van der Waals surface area contributed by atoms with Gasteiger partial charge < -0.3 is 14.2 Å². The molecule has 3 aromatic rings. The fourth-order valence-electron chi connectivity index (χ4n) is 3.25. The highest BCUT2D eigenvalue weighted by Gasteiger charge is 2.50. The Morgan fingerprint density at radius 3 is 2.06 bits per heavy atom. The minimum atomic E-state index is -1.72. The van der Waals surface area contributed by atoms with Crippen molar-refractivity contribution in [3.8, 4) is 5.75 Å². The summed E-state index contributed by atoms with van der Waals surface area (Å²) in [6, 6.07) is 16.2. The van der Waals surface area contributed by atoms with E-state index in [2.05, 4.69) is 6.92 Å². The van der Waals surface area contributed by atoms with E-state index in [0.717, 1.165) is 0 Å². The number of para-hydroxylation sites is 1. The Morgan fingerprint density at radius 2 is 1.58 bits per heavy atom. The molecule has 0 saturated heterocycles. The number of rotatable bonds is 12. The summed E-state index contributed by atoms with van der Waals surface area (Å²) in [5, 5.41) is 3.67. The molecule has 6 nitrogen and oxygen atoms in total. The van der Waals surface area contributed by atoms with E-state index in [0.29, 0.717) is 28.6 Å². The molecule has 0 aliphatic heterocycles. The van der Waals surface area contributed by atoms with Crippen LogP contribution in [0.15, 0.2) is 65.4 Å². The number of esters is 2. The van der Waals surface area contributed by atoms with Crippen molar-refractivity contribution in [1.82, 2.24) is 4.90 Å². The SMILES string of the molecule is [CH2]CC(OC(=O)C(OC(=O)CN(CC)CC)(c1cccs1)c1cccs1)Oc1ccccc1. The first-order valence-corrected chi connectivity index (χ1v) is 12.5. The van der Waals surface area contributed by atoms with Crippen LogP contribution >= 0.6 is 22.7 Å². The van der Waals surface area contributed by atoms with E-state index in [4.69, 9.17) is 14.2 Å². The average molecular weight is 487 g/mol. The molecule has 0 aliphatic rings. The maximum Gasteiger partial charge on any atom is 0.365 e. The second-order valence-electron chi connectivity index (χ2n) is 7.13. The summed E-state index contributed by atoms with van der Waals surface area (Å²) in [6.07, 6.45) is -0.764. The van der Waals surface area contributed by atoms with Gasteiger partial charge in [-0.25, -0.2) is 4.79 Å². The molecule has 33 heavy (non-hydrogen) atoms. The van der Waals surface area contributed by atoms with Gasteiger partial charge in [0.05, 0.1) is 16.3 Å². The average Bonchev–Trinajstić information content (AvgIpc) is 3.56. The molecule has 2 heterocycles. The number of hydrogen-bond acceptors (Lipinski definition) is 8. The third-order valence-corrected chi connectivity index (χ3v) is 6.96. The van der Waals surface area contributed by atoms with Gasteiger partial charge in [-0.05, 0) is 55.0 Å². The Hall–Kier alpha value is -2.68. The Morgan fingerprint density at radius 1 is 0.970 bits per heavy atom. The van der Waals surface area contributed by atoms with Gasteiger partial charge in [-0.3, -0.25) is 9.69 Å². The molecule has 0 amide bonds. The number of thiophene rings is 2. The van der Waals surface area contributed by atoms with Crippen molar-refractivity contribution in [2.75, 3.05) is 19.6 Å². The van der Waals surface area contributed by atoms with E-state index in [9.17, 15) is 9.59 Å². The van der Waals surface area contributed by atoms with Crippen LogP contribution in [0.25, 0.3) is 0 Å². The molecule has 1 unspecified atom stereocenters. The number of carbonyl (C=O) groups excluding carboxylic acids is 2. The minimum absolute atomic E-state index is 0.0675. The Labute approximate surface area is 202 Å². The topological polar surface area (TPSA) is 65.1 Å². The summed E-state index contributed by atoms with van der Waals surface area (Å²) in [4.78, 5) is 29.8. The minimum Gasteiger partial charge on any atom is -0.455 e. The lowest BCUT2D eigenvalue weighted by atomic mass is 9.99. The summed E-state index contributed by atoms with van der Waals surface area (Å²) < 4.78 is 17.6. The molecule has 1 radical (unpaired) electrons. The maximum atomic E-state index is 13.8. The second-order valence-corrected chi connectivity index (χ2v) is 9.02. The molecule has 175 valence electrons. The van der Waals surface area contributed by atoms with Gasteiger partial charge in [-0.15, -0.1) is 22.7 Å². The highest BCUT2D eigenvalue weighted by molar-refractivity contribution is 7.12. The van der Waals surface area contributed by atoms with Crippen LogP contribution < -0.4 is 4.74 Å². The van der Waals surface area contributed by atoms with Crippen molar-refractivity contribution >= 4 is 34.6 Å². The van der Waals surface area contributed by atoms with Crippen LogP contribution in [0, 0.1) is 6.92 Å². The standard InChI is InChI=1S/C25H28NO5S2/c1-4-23(29-19-12-8-7-9-13-19)30-24(28)25(20-14-10-16-32-20,21-15-11-17-33-21)31-22(27)18-26(5-2)6-3/h7-17,23H,1,4-6,18H2,2-3H3. The third kappa shape index (κ3) is 6.01. The zero-order valence-corrected chi connectivity index (χ0v) is 20.4. The lowest BCUT2D eigenvalue weighted by molar-refractivity contribution is -0.192. The summed E-state index contributed by atoms with van der Waals surface area (Å²) in [5.74, 6) is -0.673. The molecule has 8 heteroatoms. The third-order valence-electron chi connectivity index (χ3n) is 5.02. The highest BCUT2D eigenvalue weighted by Crippen LogP contribution is 2.41. The van der Waals surface area contributed by atoms with Crippen molar-refractivity contribution in [3.05, 3.63) is 82.0 Å². The summed E-state index contributed by atoms with van der Waals surface area (Å²) in [7, 11) is 0. The molecule has 2 aromatic heterocycles. The molecular formula is C25H28NO5S2. The van der Waals surface area contributed by atoms with E-state index < -0.39 is 23.8 Å². The Bertz CT molecular complexity index is 951. The zero-order valence-electron chi connectivity index (χ0n) is 18.8. The number of nitrogens with zero attached hydrogens (tertiary/aromatic N) is 1. The second kappa shape index (κ2) is 12.0. The van der Waals surface area contributed by atoms with E-state index in [-0.39, 0.29) is 13.0 Å². The molecule has 0 aliphatic carbocycles. The normalized spacial score (nSPS) is 12.4. The Kier molecular flexibility index (Phi) is 9.05. The van der Waals surface area contributed by atoms with E-state index >= 15 is 0 Å². The van der Waals surface area contributed by atoms with Gasteiger partial charge in [-0.1, -0.05) is 44.2 Å². The predicted octanol–water partition coefficient (Wildman–Crippen LogP) is 5.11. The summed E-state index contributed by atoms with van der Waals surface area (Å²) in [5.41, 5.74) is -1.72. The monoisotopic (exact) mass is 486 g/mol. The number of ether oxygens (including phenoxy) is 3. The van der Waals surface area contributed by atoms with Crippen molar-refractivity contribution in [2.24, 2.45) is 0 Å². The van der Waals surface area contributed by atoms with Gasteiger partial charge in [0.2, 0.25) is 6.29 Å². The molecule has 0 spiro atoms. The van der Waals surface area contributed by atoms with E-state index in [1.165, 1.54) is 22.7 Å². The number of carbonyl (C=O) groups is 2. The smallest absolute Gasteiger partial charge is 0.365 e. The molecule has 0 bridgehead atoms. The van der Waals surface area contributed by atoms with E-state index in [1.54, 1.807) is 24.3 Å². The number of hydrogen-bond donors (Lipinski definition) is 0. The fourth-order valence-corrected chi connectivity index (χ4v) is 5.04. The summed E-state index contributed by atoms with van der Waals surface area (Å²) in [6.45, 7) is 9.24. The van der Waals surface area contributed by atoms with Crippen molar-refractivity contribution < 1.29 is 23.8 Å². The Balaban J connectivity index is 1.95. The van der Waals surface area contributed by atoms with Crippen molar-refractivity contribution in [3.63, 3.8) is 0 Å². The van der Waals surface area contributed by atoms with Gasteiger partial charge in [0.1, 0.15) is 5.75 Å². The van der Waals surface area contributed by atoms with Crippen LogP contribution in [0.4, 0.5) is 0 Å². The molecular weight excluding hydrogens is 458 g/mol. The van der Waals surface area contributed by atoms with Gasteiger partial charge in [0.25, 0.3) is 5.60 Å². The largest absolute Gasteiger partial charge is 0.455 e. The molecule has 1 atom stereocenters. The van der Waals surface area contributed by atoms with Crippen LogP contribution in [0.3, 0.4) is 0 Å². The molecule has 0 saturated carbocycles. The quantitative estimate of drug-likeness (QED) is 0.262. The van der Waals surface area contributed by atoms with Gasteiger partial charge in [-0.2, -0.15) is 0 Å². The van der Waals surface area contributed by atoms with Gasteiger partial charge in [0.15, 0.2) is 0 Å². The van der Waals surface area contributed by atoms with Gasteiger partial charge in [0, 0.05) is 6.42 Å². The first-order chi connectivity index (χ1) is 16.0. The van der Waals surface area contributed by atoms with Crippen LogP contribution in [0.2, 0.25) is 0 Å². The molecule has 0 fully saturated rings. The number of likely N-dealkylation sites (N-methyl/N-ethyl adjacent to an activating group) is 1. The van der Waals surface area contributed by atoms with Gasteiger partial charge >= 0.3 is 11.9 Å². The summed E-state index contributed by atoms with van der Waals surface area (Å²) >= 11 is 2.65. The zero-order chi connectivity index (χ0) is 23.7. The van der Waals surface area contributed by atoms with Crippen LogP contribution in [-0.4, -0.2) is 42.8 Å². The lowest BCUT2D eigenvalue weighted by Crippen LogP contribution is -2.46. The first kappa shape index (κ1) is 25.0.